The van der Waals surface area contributed by atoms with E-state index in [-0.39, 0.29) is 9.79 Å². The van der Waals surface area contributed by atoms with Crippen LogP contribution < -0.4 is 9.44 Å². The Labute approximate surface area is 295 Å². The van der Waals surface area contributed by atoms with Crippen LogP contribution in [0.1, 0.15) is 33.4 Å². The predicted molar refractivity (Wildman–Crippen MR) is 203 cm³/mol. The van der Waals surface area contributed by atoms with Crippen LogP contribution in [0.25, 0.3) is 11.1 Å². The highest BCUT2D eigenvalue weighted by Gasteiger charge is 2.14. The van der Waals surface area contributed by atoms with Crippen molar-refractivity contribution in [2.75, 3.05) is 0 Å². The summed E-state index contributed by atoms with van der Waals surface area (Å²) in [7, 11) is -7.23. The lowest BCUT2D eigenvalue weighted by Crippen LogP contribution is -2.18. The Hall–Kier alpha value is -5.70. The molecule has 6 aromatic rings. The summed E-state index contributed by atoms with van der Waals surface area (Å²) in [6, 6.07) is 52.4. The van der Waals surface area contributed by atoms with Gasteiger partial charge in [-0.15, -0.1) is 0 Å². The fourth-order valence-electron chi connectivity index (χ4n) is 4.98. The number of aryl methyl sites for hydroxylation is 2. The molecule has 0 saturated carbocycles. The summed E-state index contributed by atoms with van der Waals surface area (Å²) < 4.78 is 55.4. The Morgan fingerprint density at radius 3 is 0.860 bits per heavy atom. The summed E-state index contributed by atoms with van der Waals surface area (Å²) in [6.07, 6.45) is 3.11. The van der Waals surface area contributed by atoms with Crippen LogP contribution in [0, 0.1) is 13.8 Å². The molecular weight excluding hydrogens is 661 g/mol. The highest BCUT2D eigenvalue weighted by Crippen LogP contribution is 2.24. The van der Waals surface area contributed by atoms with Crippen molar-refractivity contribution in [1.82, 2.24) is 9.44 Å². The van der Waals surface area contributed by atoms with E-state index in [0.717, 1.165) is 44.5 Å². The number of rotatable bonds is 10. The van der Waals surface area contributed by atoms with Gasteiger partial charge in [0.15, 0.2) is 0 Å². The number of sulfonamides is 2. The van der Waals surface area contributed by atoms with E-state index in [1.807, 2.05) is 135 Å². The van der Waals surface area contributed by atoms with Crippen molar-refractivity contribution >= 4 is 31.2 Å². The van der Waals surface area contributed by atoms with Crippen molar-refractivity contribution in [3.63, 3.8) is 0 Å². The maximum atomic E-state index is 12.6. The quantitative estimate of drug-likeness (QED) is 0.150. The van der Waals surface area contributed by atoms with Crippen LogP contribution in [0.15, 0.2) is 192 Å². The summed E-state index contributed by atoms with van der Waals surface area (Å²) in [5.41, 5.74) is 7.45. The first-order valence-corrected chi connectivity index (χ1v) is 18.9. The van der Waals surface area contributed by atoms with E-state index < -0.39 is 20.0 Å². The van der Waals surface area contributed by atoms with Gasteiger partial charge in [0.05, 0.1) is 9.79 Å². The van der Waals surface area contributed by atoms with Crippen LogP contribution in [0.4, 0.5) is 0 Å². The average Bonchev–Trinajstić information content (AvgIpc) is 3.14. The van der Waals surface area contributed by atoms with Crippen LogP contribution in [0.3, 0.4) is 0 Å². The molecule has 6 aromatic carbocycles. The molecule has 0 unspecified atom stereocenters. The molecule has 0 bridgehead atoms. The lowest BCUT2D eigenvalue weighted by atomic mass is 9.99. The predicted octanol–water partition coefficient (Wildman–Crippen LogP) is 8.73. The van der Waals surface area contributed by atoms with Crippen molar-refractivity contribution in [3.05, 3.63) is 216 Å². The van der Waals surface area contributed by atoms with E-state index >= 15 is 0 Å². The Morgan fingerprint density at radius 2 is 0.620 bits per heavy atom. The first-order chi connectivity index (χ1) is 24.1. The summed E-state index contributed by atoms with van der Waals surface area (Å²) >= 11 is 0. The van der Waals surface area contributed by atoms with Crippen molar-refractivity contribution in [1.29, 1.82) is 0 Å². The lowest BCUT2D eigenvalue weighted by Gasteiger charge is -2.10. The largest absolute Gasteiger partial charge is 0.286 e. The summed E-state index contributed by atoms with van der Waals surface area (Å²) in [6.45, 7) is 3.85. The Bertz CT molecular complexity index is 2010. The first-order valence-electron chi connectivity index (χ1n) is 15.9. The molecule has 0 atom stereocenters. The molecule has 0 fully saturated rings. The van der Waals surface area contributed by atoms with Crippen LogP contribution in [-0.2, 0) is 20.0 Å². The van der Waals surface area contributed by atoms with Gasteiger partial charge in [-0.25, -0.2) is 16.8 Å². The zero-order valence-electron chi connectivity index (χ0n) is 27.8. The van der Waals surface area contributed by atoms with Crippen LogP contribution >= 0.6 is 0 Å². The number of nitrogens with one attached hydrogen (secondary N) is 2. The average molecular weight is 699 g/mol. The smallest absolute Gasteiger partial charge is 0.261 e. The van der Waals surface area contributed by atoms with E-state index in [0.29, 0.717) is 0 Å². The minimum Gasteiger partial charge on any atom is -0.286 e. The van der Waals surface area contributed by atoms with Gasteiger partial charge in [0.1, 0.15) is 0 Å². The summed E-state index contributed by atoms with van der Waals surface area (Å²) in [5.74, 6) is 0. The second kappa shape index (κ2) is 16.6. The Morgan fingerprint density at radius 1 is 0.380 bits per heavy atom. The molecule has 0 aromatic heterocycles. The molecular formula is C42H38N2O4S2. The zero-order chi connectivity index (χ0) is 35.4. The highest BCUT2D eigenvalue weighted by molar-refractivity contribution is 7.89. The summed E-state index contributed by atoms with van der Waals surface area (Å²) in [5, 5.41) is 0. The molecule has 0 aliphatic rings. The van der Waals surface area contributed by atoms with Crippen molar-refractivity contribution in [2.45, 2.75) is 23.6 Å². The molecule has 2 N–H and O–H groups in total. The first kappa shape index (κ1) is 35.6. The maximum absolute atomic E-state index is 12.6. The summed E-state index contributed by atoms with van der Waals surface area (Å²) in [4.78, 5) is 0.490. The van der Waals surface area contributed by atoms with E-state index in [1.165, 1.54) is 0 Å². The molecule has 0 amide bonds. The van der Waals surface area contributed by atoms with Gasteiger partial charge in [0.25, 0.3) is 20.0 Å². The standard InChI is InChI=1S/2C21H19NO2S/c2*1-17-12-14-20(15-13-17)25(23,24)22-16-21(18-8-4-2-5-9-18)19-10-6-3-7-11-19/h2*2-16,22H,1H3. The minimum atomic E-state index is -3.61. The van der Waals surface area contributed by atoms with Crippen molar-refractivity contribution in [2.24, 2.45) is 0 Å². The van der Waals surface area contributed by atoms with Gasteiger partial charge in [-0.05, 0) is 60.4 Å². The SMILES string of the molecule is Cc1ccc(S(=O)(=O)NC=C(c2ccccc2)c2ccccc2)cc1.Cc1ccc(S(=O)(=O)NC=C(c2ccccc2)c2ccccc2)cc1. The molecule has 252 valence electrons. The normalized spacial score (nSPS) is 10.9. The van der Waals surface area contributed by atoms with Gasteiger partial charge in [0, 0.05) is 23.5 Å². The number of benzene rings is 6. The lowest BCUT2D eigenvalue weighted by molar-refractivity contribution is 0.589. The molecule has 0 saturated heterocycles. The zero-order valence-corrected chi connectivity index (χ0v) is 29.4. The second-order valence-corrected chi connectivity index (χ2v) is 14.9. The molecule has 0 radical (unpaired) electrons. The molecule has 0 heterocycles. The van der Waals surface area contributed by atoms with Gasteiger partial charge in [-0.3, -0.25) is 9.44 Å². The minimum absolute atomic E-state index is 0.245. The van der Waals surface area contributed by atoms with E-state index in [9.17, 15) is 16.8 Å². The monoisotopic (exact) mass is 698 g/mol. The highest BCUT2D eigenvalue weighted by atomic mass is 32.2. The second-order valence-electron chi connectivity index (χ2n) is 11.4. The van der Waals surface area contributed by atoms with Gasteiger partial charge < -0.3 is 0 Å². The molecule has 50 heavy (non-hydrogen) atoms. The molecule has 0 aliphatic carbocycles. The van der Waals surface area contributed by atoms with E-state index in [4.69, 9.17) is 0 Å². The fraction of sp³-hybridized carbons (Fsp3) is 0.0476. The topological polar surface area (TPSA) is 92.3 Å². The fourth-order valence-corrected chi connectivity index (χ4v) is 6.79. The van der Waals surface area contributed by atoms with E-state index in [2.05, 4.69) is 9.44 Å². The Kier molecular flexibility index (Phi) is 11.8. The molecule has 0 aliphatic heterocycles. The third kappa shape index (κ3) is 9.69. The van der Waals surface area contributed by atoms with Gasteiger partial charge in [-0.2, -0.15) is 0 Å². The molecule has 0 spiro atoms. The van der Waals surface area contributed by atoms with Gasteiger partial charge in [0.2, 0.25) is 0 Å². The van der Waals surface area contributed by atoms with Crippen LogP contribution in [0.5, 0.6) is 0 Å². The van der Waals surface area contributed by atoms with Gasteiger partial charge in [-0.1, -0.05) is 157 Å². The third-order valence-corrected chi connectivity index (χ3v) is 10.4. The van der Waals surface area contributed by atoms with Gasteiger partial charge >= 0.3 is 0 Å². The molecule has 6 rings (SSSR count). The maximum Gasteiger partial charge on any atom is 0.261 e. The van der Waals surface area contributed by atoms with Crippen molar-refractivity contribution < 1.29 is 16.8 Å². The van der Waals surface area contributed by atoms with Crippen LogP contribution in [-0.4, -0.2) is 16.8 Å². The van der Waals surface area contributed by atoms with Crippen molar-refractivity contribution in [3.8, 4) is 0 Å². The third-order valence-electron chi connectivity index (χ3n) is 7.72. The number of hydrogen-bond donors (Lipinski definition) is 2. The Balaban J connectivity index is 0.000000194. The van der Waals surface area contributed by atoms with Crippen LogP contribution in [0.2, 0.25) is 0 Å². The molecule has 6 nitrogen and oxygen atoms in total. The van der Waals surface area contributed by atoms with E-state index in [1.54, 1.807) is 60.9 Å². The number of hydrogen-bond acceptors (Lipinski definition) is 4. The molecule has 8 heteroatoms.